The number of rotatable bonds is 2. The number of fused-ring (bicyclic) bond motifs is 5. The molecule has 3 fully saturated rings. The van der Waals surface area contributed by atoms with Crippen LogP contribution in [0.2, 0.25) is 0 Å². The molecule has 0 radical (unpaired) electrons. The third-order valence-electron chi connectivity index (χ3n) is 4.97. The minimum Gasteiger partial charge on any atom is -0.459 e. The van der Waals surface area contributed by atoms with Crippen LogP contribution in [0.3, 0.4) is 0 Å². The SMILES string of the molecule is C=C(C)C(=O)OC1C[C@@H]2[C@@H]3CC[C@@H](C3)[C@@H]2C1. The molecule has 0 aromatic rings. The monoisotopic (exact) mass is 220 g/mol. The first-order valence-corrected chi connectivity index (χ1v) is 6.51. The summed E-state index contributed by atoms with van der Waals surface area (Å²) in [4.78, 5) is 11.5. The van der Waals surface area contributed by atoms with Crippen LogP contribution in [0, 0.1) is 23.7 Å². The lowest BCUT2D eigenvalue weighted by Gasteiger charge is -2.23. The van der Waals surface area contributed by atoms with Gasteiger partial charge in [0.15, 0.2) is 0 Å². The summed E-state index contributed by atoms with van der Waals surface area (Å²) in [6.45, 7) is 5.36. The standard InChI is InChI=1S/C14H20O2/c1-8(2)14(15)16-11-6-12-9-3-4-10(5-9)13(12)7-11/h9-13H,1,3-7H2,2H3/t9-,10+,11?,12-,13+. The molecule has 2 bridgehead atoms. The Balaban J connectivity index is 1.62. The second-order valence-corrected chi connectivity index (χ2v) is 5.94. The maximum absolute atomic E-state index is 11.5. The summed E-state index contributed by atoms with van der Waals surface area (Å²) in [5.41, 5.74) is 0.528. The Kier molecular flexibility index (Phi) is 2.34. The van der Waals surface area contributed by atoms with Gasteiger partial charge in [0, 0.05) is 5.57 Å². The van der Waals surface area contributed by atoms with Crippen LogP contribution in [0.25, 0.3) is 0 Å². The van der Waals surface area contributed by atoms with E-state index in [-0.39, 0.29) is 12.1 Å². The quantitative estimate of drug-likeness (QED) is 0.528. The molecule has 0 aromatic carbocycles. The van der Waals surface area contributed by atoms with Crippen molar-refractivity contribution in [2.75, 3.05) is 0 Å². The van der Waals surface area contributed by atoms with Crippen LogP contribution in [-0.2, 0) is 9.53 Å². The van der Waals surface area contributed by atoms with Gasteiger partial charge in [-0.1, -0.05) is 6.58 Å². The molecule has 5 atom stereocenters. The molecule has 2 heteroatoms. The highest BCUT2D eigenvalue weighted by Gasteiger charge is 2.52. The number of hydrogen-bond donors (Lipinski definition) is 0. The van der Waals surface area contributed by atoms with Crippen LogP contribution in [0.5, 0.6) is 0 Å². The second kappa shape index (κ2) is 3.61. The highest BCUT2D eigenvalue weighted by Crippen LogP contribution is 2.59. The maximum atomic E-state index is 11.5. The van der Waals surface area contributed by atoms with Crippen LogP contribution < -0.4 is 0 Å². The molecular formula is C14H20O2. The Bertz CT molecular complexity index is 316. The fraction of sp³-hybridized carbons (Fsp3) is 0.786. The fourth-order valence-electron chi connectivity index (χ4n) is 4.32. The summed E-state index contributed by atoms with van der Waals surface area (Å²) in [5.74, 6) is 3.42. The minimum atomic E-state index is -0.197. The van der Waals surface area contributed by atoms with E-state index in [1.165, 1.54) is 19.3 Å². The van der Waals surface area contributed by atoms with Crippen molar-refractivity contribution in [1.29, 1.82) is 0 Å². The zero-order chi connectivity index (χ0) is 11.3. The van der Waals surface area contributed by atoms with Crippen LogP contribution >= 0.6 is 0 Å². The van der Waals surface area contributed by atoms with Gasteiger partial charge >= 0.3 is 5.97 Å². The molecule has 3 aliphatic rings. The van der Waals surface area contributed by atoms with Gasteiger partial charge in [0.2, 0.25) is 0 Å². The first-order valence-electron chi connectivity index (χ1n) is 6.51. The van der Waals surface area contributed by atoms with E-state index < -0.39 is 0 Å². The van der Waals surface area contributed by atoms with Gasteiger partial charge in [-0.05, 0) is 62.7 Å². The summed E-state index contributed by atoms with van der Waals surface area (Å²) in [6, 6.07) is 0. The lowest BCUT2D eigenvalue weighted by atomic mass is 9.82. The largest absolute Gasteiger partial charge is 0.459 e. The Hall–Kier alpha value is -0.790. The molecule has 2 nitrogen and oxygen atoms in total. The molecule has 0 saturated heterocycles. The average molecular weight is 220 g/mol. The van der Waals surface area contributed by atoms with Crippen LogP contribution in [0.4, 0.5) is 0 Å². The molecule has 1 unspecified atom stereocenters. The lowest BCUT2D eigenvalue weighted by molar-refractivity contribution is -0.144. The van der Waals surface area contributed by atoms with Gasteiger partial charge in [-0.2, -0.15) is 0 Å². The van der Waals surface area contributed by atoms with Crippen molar-refractivity contribution in [1.82, 2.24) is 0 Å². The highest BCUT2D eigenvalue weighted by atomic mass is 16.5. The topological polar surface area (TPSA) is 26.3 Å². The van der Waals surface area contributed by atoms with E-state index in [1.54, 1.807) is 6.92 Å². The summed E-state index contributed by atoms with van der Waals surface area (Å²) < 4.78 is 5.50. The Morgan fingerprint density at radius 1 is 1.12 bits per heavy atom. The van der Waals surface area contributed by atoms with Crippen molar-refractivity contribution in [2.24, 2.45) is 23.7 Å². The smallest absolute Gasteiger partial charge is 0.333 e. The first-order chi connectivity index (χ1) is 7.65. The van der Waals surface area contributed by atoms with Gasteiger partial charge in [0.1, 0.15) is 6.10 Å². The summed E-state index contributed by atoms with van der Waals surface area (Å²) in [7, 11) is 0. The molecule has 0 aliphatic heterocycles. The van der Waals surface area contributed by atoms with E-state index in [1.807, 2.05) is 0 Å². The Morgan fingerprint density at radius 2 is 1.69 bits per heavy atom. The van der Waals surface area contributed by atoms with Gasteiger partial charge in [0.05, 0.1) is 0 Å². The van der Waals surface area contributed by atoms with Crippen molar-refractivity contribution < 1.29 is 9.53 Å². The number of carbonyl (C=O) groups is 1. The van der Waals surface area contributed by atoms with Crippen LogP contribution in [0.15, 0.2) is 12.2 Å². The van der Waals surface area contributed by atoms with E-state index >= 15 is 0 Å². The van der Waals surface area contributed by atoms with Gasteiger partial charge in [-0.15, -0.1) is 0 Å². The van der Waals surface area contributed by atoms with E-state index in [2.05, 4.69) is 6.58 Å². The molecule has 0 heterocycles. The van der Waals surface area contributed by atoms with E-state index in [9.17, 15) is 4.79 Å². The highest BCUT2D eigenvalue weighted by molar-refractivity contribution is 5.87. The van der Waals surface area contributed by atoms with Gasteiger partial charge in [-0.25, -0.2) is 4.79 Å². The molecule has 0 N–H and O–H groups in total. The first kappa shape index (κ1) is 10.4. The fourth-order valence-corrected chi connectivity index (χ4v) is 4.32. The molecule has 3 rings (SSSR count). The zero-order valence-corrected chi connectivity index (χ0v) is 9.95. The maximum Gasteiger partial charge on any atom is 0.333 e. The Morgan fingerprint density at radius 3 is 2.19 bits per heavy atom. The molecule has 0 aromatic heterocycles. The molecule has 3 aliphatic carbocycles. The zero-order valence-electron chi connectivity index (χ0n) is 9.95. The molecule has 16 heavy (non-hydrogen) atoms. The van der Waals surface area contributed by atoms with Crippen molar-refractivity contribution in [3.63, 3.8) is 0 Å². The minimum absolute atomic E-state index is 0.183. The number of ether oxygens (including phenoxy) is 1. The number of hydrogen-bond acceptors (Lipinski definition) is 2. The third kappa shape index (κ3) is 1.50. The van der Waals surface area contributed by atoms with E-state index in [0.29, 0.717) is 5.57 Å². The summed E-state index contributed by atoms with van der Waals surface area (Å²) >= 11 is 0. The average Bonchev–Trinajstić information content (AvgIpc) is 2.86. The van der Waals surface area contributed by atoms with Crippen molar-refractivity contribution in [2.45, 2.75) is 45.1 Å². The Labute approximate surface area is 97.1 Å². The van der Waals surface area contributed by atoms with Crippen molar-refractivity contribution in [3.05, 3.63) is 12.2 Å². The summed E-state index contributed by atoms with van der Waals surface area (Å²) in [6.07, 6.45) is 6.72. The van der Waals surface area contributed by atoms with Gasteiger partial charge < -0.3 is 4.74 Å². The molecular weight excluding hydrogens is 200 g/mol. The molecule has 0 amide bonds. The lowest BCUT2D eigenvalue weighted by Crippen LogP contribution is -2.16. The number of carbonyl (C=O) groups excluding carboxylic acids is 1. The van der Waals surface area contributed by atoms with Gasteiger partial charge in [-0.3, -0.25) is 0 Å². The normalized spacial score (nSPS) is 44.4. The predicted octanol–water partition coefficient (Wildman–Crippen LogP) is 2.93. The molecule has 88 valence electrons. The third-order valence-corrected chi connectivity index (χ3v) is 4.97. The number of esters is 1. The predicted molar refractivity (Wildman–Crippen MR) is 61.7 cm³/mol. The second-order valence-electron chi connectivity index (χ2n) is 5.94. The van der Waals surface area contributed by atoms with E-state index in [0.717, 1.165) is 36.5 Å². The van der Waals surface area contributed by atoms with Crippen LogP contribution in [-0.4, -0.2) is 12.1 Å². The molecule has 3 saturated carbocycles. The molecule has 0 spiro atoms. The summed E-state index contributed by atoms with van der Waals surface area (Å²) in [5, 5.41) is 0. The van der Waals surface area contributed by atoms with Crippen LogP contribution in [0.1, 0.15) is 39.0 Å². The van der Waals surface area contributed by atoms with Gasteiger partial charge in [0.25, 0.3) is 0 Å². The van der Waals surface area contributed by atoms with Crippen molar-refractivity contribution >= 4 is 5.97 Å². The van der Waals surface area contributed by atoms with Crippen molar-refractivity contribution in [3.8, 4) is 0 Å². The van der Waals surface area contributed by atoms with E-state index in [4.69, 9.17) is 4.74 Å².